The number of fused-ring (bicyclic) bond motifs is 2. The fourth-order valence-electron chi connectivity index (χ4n) is 2.90. The largest absolute Gasteiger partial charge is 3.00 e. The van der Waals surface area contributed by atoms with Gasteiger partial charge in [-0.15, -0.1) is 0 Å². The van der Waals surface area contributed by atoms with E-state index in [1.54, 1.807) is 0 Å². The zero-order valence-electron chi connectivity index (χ0n) is 7.96. The smallest absolute Gasteiger partial charge is 0.299 e. The normalized spacial score (nSPS) is 42.9. The minimum atomic E-state index is 0. The fourth-order valence-corrected chi connectivity index (χ4v) is 2.90. The zero-order valence-corrected chi connectivity index (χ0v) is 9.06. The molecule has 2 aliphatic rings. The molecule has 2 fully saturated rings. The molecule has 0 N–H and O–H groups in total. The van der Waals surface area contributed by atoms with Crippen molar-refractivity contribution in [3.63, 3.8) is 0 Å². The second kappa shape index (κ2) is 2.59. The average molecular weight is 208 g/mol. The summed E-state index contributed by atoms with van der Waals surface area (Å²) in [6.07, 6.45) is 3.25. The summed E-state index contributed by atoms with van der Waals surface area (Å²) < 4.78 is 0. The van der Waals surface area contributed by atoms with Gasteiger partial charge in [0, 0.05) is 11.8 Å². The van der Waals surface area contributed by atoms with Gasteiger partial charge >= 0.3 is 17.1 Å². The molecule has 0 aromatic carbocycles. The van der Waals surface area contributed by atoms with Crippen molar-refractivity contribution in [1.29, 1.82) is 0 Å². The van der Waals surface area contributed by atoms with Crippen molar-refractivity contribution >= 4 is 5.78 Å². The van der Waals surface area contributed by atoms with E-state index in [-0.39, 0.29) is 27.9 Å². The van der Waals surface area contributed by atoms with E-state index in [2.05, 4.69) is 20.8 Å². The Hall–Kier alpha value is 0.189. The van der Waals surface area contributed by atoms with E-state index in [0.29, 0.717) is 11.7 Å². The van der Waals surface area contributed by atoms with E-state index in [0.717, 1.165) is 12.8 Å². The van der Waals surface area contributed by atoms with Crippen LogP contribution in [0.15, 0.2) is 0 Å². The maximum atomic E-state index is 11.6. The maximum absolute atomic E-state index is 11.6. The molecular weight excluding hydrogens is 192 g/mol. The molecule has 1 nitrogen and oxygen atoms in total. The van der Waals surface area contributed by atoms with Crippen LogP contribution in [0, 0.1) is 16.7 Å². The van der Waals surface area contributed by atoms with E-state index in [1.807, 2.05) is 0 Å². The van der Waals surface area contributed by atoms with E-state index in [4.69, 9.17) is 0 Å². The zero-order chi connectivity index (χ0) is 8.28. The van der Waals surface area contributed by atoms with E-state index in [9.17, 15) is 4.79 Å². The molecule has 1 radical (unpaired) electrons. The van der Waals surface area contributed by atoms with Crippen molar-refractivity contribution < 1.29 is 21.9 Å². The van der Waals surface area contributed by atoms with Gasteiger partial charge in [0.25, 0.3) is 0 Å². The molecule has 0 spiro atoms. The minimum Gasteiger partial charge on any atom is -0.299 e. The second-order valence-electron chi connectivity index (χ2n) is 4.92. The first-order chi connectivity index (χ1) is 4.98. The third-order valence-corrected chi connectivity index (χ3v) is 4.48. The molecule has 12 heavy (non-hydrogen) atoms. The summed E-state index contributed by atoms with van der Waals surface area (Å²) in [5.41, 5.74) is 0.307. The standard InChI is InChI=1S/C10H16O.Fe/c1-9(2)7-4-5-10(9,3)8(11)6-7;/h7H,4-6H2,1-3H3;/q;+3. The van der Waals surface area contributed by atoms with Crippen LogP contribution in [0.4, 0.5) is 0 Å². The molecule has 2 aliphatic carbocycles. The molecule has 2 unspecified atom stereocenters. The van der Waals surface area contributed by atoms with Crippen molar-refractivity contribution in [3.05, 3.63) is 0 Å². The van der Waals surface area contributed by atoms with Gasteiger partial charge in [0.1, 0.15) is 5.78 Å². The Morgan fingerprint density at radius 2 is 1.92 bits per heavy atom. The Morgan fingerprint density at radius 3 is 2.08 bits per heavy atom. The Kier molecular flexibility index (Phi) is 2.21. The second-order valence-corrected chi connectivity index (χ2v) is 4.92. The number of hydrogen-bond donors (Lipinski definition) is 0. The Labute approximate surface area is 84.8 Å². The first kappa shape index (κ1) is 10.3. The number of rotatable bonds is 0. The summed E-state index contributed by atoms with van der Waals surface area (Å²) in [5, 5.41) is 0. The van der Waals surface area contributed by atoms with Crippen LogP contribution >= 0.6 is 0 Å². The van der Waals surface area contributed by atoms with Crippen LogP contribution in [0.3, 0.4) is 0 Å². The predicted octanol–water partition coefficient (Wildman–Crippen LogP) is 2.40. The molecule has 2 atom stereocenters. The van der Waals surface area contributed by atoms with Gasteiger partial charge < -0.3 is 0 Å². The Morgan fingerprint density at radius 1 is 1.33 bits per heavy atom. The summed E-state index contributed by atoms with van der Waals surface area (Å²) >= 11 is 0. The van der Waals surface area contributed by atoms with Gasteiger partial charge in [0.05, 0.1) is 0 Å². The topological polar surface area (TPSA) is 17.1 Å². The summed E-state index contributed by atoms with van der Waals surface area (Å²) in [6.45, 7) is 6.67. The summed E-state index contributed by atoms with van der Waals surface area (Å²) in [6, 6.07) is 0. The molecule has 2 heteroatoms. The number of hydrogen-bond acceptors (Lipinski definition) is 1. The molecule has 2 saturated carbocycles. The maximum Gasteiger partial charge on any atom is 3.00 e. The Bertz CT molecular complexity index is 222. The van der Waals surface area contributed by atoms with Gasteiger partial charge in [-0.1, -0.05) is 20.8 Å². The van der Waals surface area contributed by atoms with Gasteiger partial charge in [-0.25, -0.2) is 0 Å². The van der Waals surface area contributed by atoms with Crippen molar-refractivity contribution in [2.24, 2.45) is 16.7 Å². The number of Topliss-reactive ketones (excluding diaryl/α,β-unsaturated/α-hetero) is 1. The van der Waals surface area contributed by atoms with Crippen LogP contribution in [0.5, 0.6) is 0 Å². The third-order valence-electron chi connectivity index (χ3n) is 4.48. The van der Waals surface area contributed by atoms with Crippen LogP contribution in [-0.4, -0.2) is 5.78 Å². The van der Waals surface area contributed by atoms with Crippen LogP contribution in [0.2, 0.25) is 0 Å². The van der Waals surface area contributed by atoms with Gasteiger partial charge in [-0.05, 0) is 24.2 Å². The first-order valence-corrected chi connectivity index (χ1v) is 4.52. The molecule has 0 aliphatic heterocycles. The van der Waals surface area contributed by atoms with E-state index in [1.165, 1.54) is 6.42 Å². The molecule has 0 aromatic rings. The molecule has 0 amide bonds. The van der Waals surface area contributed by atoms with E-state index < -0.39 is 0 Å². The van der Waals surface area contributed by atoms with Crippen molar-refractivity contribution in [1.82, 2.24) is 0 Å². The molecule has 2 rings (SSSR count). The van der Waals surface area contributed by atoms with Gasteiger partial charge in [-0.3, -0.25) is 4.79 Å². The number of carbonyl (C=O) groups is 1. The molecule has 0 heterocycles. The predicted molar refractivity (Wildman–Crippen MR) is 44.2 cm³/mol. The number of carbonyl (C=O) groups excluding carboxylic acids is 1. The Balaban J connectivity index is 0.000000720. The van der Waals surface area contributed by atoms with Crippen LogP contribution < -0.4 is 0 Å². The SMILES string of the molecule is CC12CCC(CC1=O)C2(C)C.[Fe+3]. The third kappa shape index (κ3) is 0.885. The minimum absolute atomic E-state index is 0. The monoisotopic (exact) mass is 208 g/mol. The van der Waals surface area contributed by atoms with Crippen LogP contribution in [0.25, 0.3) is 0 Å². The van der Waals surface area contributed by atoms with Crippen molar-refractivity contribution in [3.8, 4) is 0 Å². The molecule has 2 bridgehead atoms. The van der Waals surface area contributed by atoms with Gasteiger partial charge in [0.15, 0.2) is 0 Å². The average Bonchev–Trinajstić information content (AvgIpc) is 2.20. The van der Waals surface area contributed by atoms with Crippen LogP contribution in [-0.2, 0) is 21.9 Å². The van der Waals surface area contributed by atoms with E-state index >= 15 is 0 Å². The van der Waals surface area contributed by atoms with Crippen molar-refractivity contribution in [2.45, 2.75) is 40.0 Å². The summed E-state index contributed by atoms with van der Waals surface area (Å²) in [7, 11) is 0. The van der Waals surface area contributed by atoms with Gasteiger partial charge in [-0.2, -0.15) is 0 Å². The van der Waals surface area contributed by atoms with Crippen molar-refractivity contribution in [2.75, 3.05) is 0 Å². The van der Waals surface area contributed by atoms with Gasteiger partial charge in [0.2, 0.25) is 0 Å². The molecule has 0 saturated heterocycles. The molecule has 0 aromatic heterocycles. The molecular formula is C10H16FeO+3. The van der Waals surface area contributed by atoms with Crippen LogP contribution in [0.1, 0.15) is 40.0 Å². The number of ketones is 1. The molecule has 67 valence electrons. The first-order valence-electron chi connectivity index (χ1n) is 4.52. The quantitative estimate of drug-likeness (QED) is 0.558. The summed E-state index contributed by atoms with van der Waals surface area (Å²) in [4.78, 5) is 11.6. The summed E-state index contributed by atoms with van der Waals surface area (Å²) in [5.74, 6) is 1.19. The fraction of sp³-hybridized carbons (Fsp3) is 0.900.